The molecule has 2 amide bonds. The second kappa shape index (κ2) is 7.10. The predicted molar refractivity (Wildman–Crippen MR) is 72.9 cm³/mol. The Hall–Kier alpha value is -0.810. The molecule has 0 aliphatic heterocycles. The van der Waals surface area contributed by atoms with Crippen molar-refractivity contribution in [2.45, 2.75) is 51.2 Å². The number of carbonyl (C=O) groups excluding carboxylic acids is 1. The SMILES string of the molecule is CC1CCCC1NC(=O)NCC(O)COCC1CC1. The highest BCUT2D eigenvalue weighted by Gasteiger charge is 2.25. The maximum atomic E-state index is 11.7. The number of amides is 2. The lowest BCUT2D eigenvalue weighted by molar-refractivity contribution is 0.0337. The summed E-state index contributed by atoms with van der Waals surface area (Å²) >= 11 is 0. The average molecular weight is 270 g/mol. The van der Waals surface area contributed by atoms with Gasteiger partial charge in [-0.25, -0.2) is 4.79 Å². The van der Waals surface area contributed by atoms with Crippen LogP contribution >= 0.6 is 0 Å². The van der Waals surface area contributed by atoms with Gasteiger partial charge in [0, 0.05) is 19.2 Å². The number of hydrogen-bond donors (Lipinski definition) is 3. The Morgan fingerprint density at radius 2 is 2.16 bits per heavy atom. The Bertz CT molecular complexity index is 294. The summed E-state index contributed by atoms with van der Waals surface area (Å²) in [7, 11) is 0. The van der Waals surface area contributed by atoms with Crippen molar-refractivity contribution in [3.05, 3.63) is 0 Å². The van der Waals surface area contributed by atoms with E-state index in [-0.39, 0.29) is 18.6 Å². The molecule has 2 saturated carbocycles. The predicted octanol–water partition coefficient (Wildman–Crippen LogP) is 1.26. The van der Waals surface area contributed by atoms with Crippen molar-refractivity contribution in [2.75, 3.05) is 19.8 Å². The molecule has 5 heteroatoms. The van der Waals surface area contributed by atoms with Crippen LogP contribution in [0, 0.1) is 11.8 Å². The molecule has 0 aromatic carbocycles. The first kappa shape index (κ1) is 14.6. The lowest BCUT2D eigenvalue weighted by Crippen LogP contribution is -2.46. The van der Waals surface area contributed by atoms with E-state index in [1.165, 1.54) is 25.7 Å². The van der Waals surface area contributed by atoms with Crippen LogP contribution < -0.4 is 10.6 Å². The molecule has 0 bridgehead atoms. The summed E-state index contributed by atoms with van der Waals surface area (Å²) in [5.41, 5.74) is 0. The average Bonchev–Trinajstić information content (AvgIpc) is 3.11. The van der Waals surface area contributed by atoms with Gasteiger partial charge in [-0.3, -0.25) is 0 Å². The van der Waals surface area contributed by atoms with Crippen molar-refractivity contribution in [1.82, 2.24) is 10.6 Å². The Balaban J connectivity index is 1.51. The van der Waals surface area contributed by atoms with Crippen LogP contribution in [0.1, 0.15) is 39.0 Å². The molecule has 2 aliphatic carbocycles. The van der Waals surface area contributed by atoms with Gasteiger partial charge < -0.3 is 20.5 Å². The second-order valence-electron chi connectivity index (χ2n) is 6.00. The number of urea groups is 1. The molecule has 3 unspecified atom stereocenters. The molecule has 2 aliphatic rings. The number of nitrogens with one attached hydrogen (secondary N) is 2. The molecule has 0 saturated heterocycles. The van der Waals surface area contributed by atoms with E-state index in [4.69, 9.17) is 4.74 Å². The van der Waals surface area contributed by atoms with Crippen molar-refractivity contribution in [3.8, 4) is 0 Å². The van der Waals surface area contributed by atoms with Crippen LogP contribution in [-0.4, -0.2) is 43.0 Å². The molecule has 0 aromatic rings. The highest BCUT2D eigenvalue weighted by molar-refractivity contribution is 5.74. The number of ether oxygens (including phenoxy) is 1. The molecular formula is C14H26N2O3. The van der Waals surface area contributed by atoms with Crippen LogP contribution in [0.25, 0.3) is 0 Å². The first-order chi connectivity index (χ1) is 9.15. The fraction of sp³-hybridized carbons (Fsp3) is 0.929. The van der Waals surface area contributed by atoms with Crippen molar-refractivity contribution in [2.24, 2.45) is 11.8 Å². The Labute approximate surface area is 115 Å². The zero-order chi connectivity index (χ0) is 13.7. The van der Waals surface area contributed by atoms with Crippen LogP contribution in [0.3, 0.4) is 0 Å². The minimum atomic E-state index is -0.620. The summed E-state index contributed by atoms with van der Waals surface area (Å²) in [4.78, 5) is 11.7. The molecule has 110 valence electrons. The van der Waals surface area contributed by atoms with Gasteiger partial charge in [0.25, 0.3) is 0 Å². The Morgan fingerprint density at radius 1 is 1.37 bits per heavy atom. The van der Waals surface area contributed by atoms with Crippen LogP contribution in [0.5, 0.6) is 0 Å². The van der Waals surface area contributed by atoms with E-state index in [1.54, 1.807) is 0 Å². The summed E-state index contributed by atoms with van der Waals surface area (Å²) in [6.07, 6.45) is 5.30. The van der Waals surface area contributed by atoms with E-state index in [0.717, 1.165) is 13.0 Å². The van der Waals surface area contributed by atoms with Crippen molar-refractivity contribution < 1.29 is 14.6 Å². The van der Waals surface area contributed by atoms with Gasteiger partial charge in [-0.1, -0.05) is 13.3 Å². The zero-order valence-electron chi connectivity index (χ0n) is 11.7. The molecule has 0 spiro atoms. The number of aliphatic hydroxyl groups excluding tert-OH is 1. The van der Waals surface area contributed by atoms with Crippen molar-refractivity contribution >= 4 is 6.03 Å². The van der Waals surface area contributed by atoms with Crippen LogP contribution in [-0.2, 0) is 4.74 Å². The molecule has 3 atom stereocenters. The molecule has 0 radical (unpaired) electrons. The van der Waals surface area contributed by atoms with E-state index in [0.29, 0.717) is 18.4 Å². The molecule has 0 heterocycles. The van der Waals surface area contributed by atoms with Gasteiger partial charge in [-0.2, -0.15) is 0 Å². The summed E-state index contributed by atoms with van der Waals surface area (Å²) in [5.74, 6) is 1.25. The minimum absolute atomic E-state index is 0.181. The molecular weight excluding hydrogens is 244 g/mol. The van der Waals surface area contributed by atoms with E-state index in [1.807, 2.05) is 0 Å². The summed E-state index contributed by atoms with van der Waals surface area (Å²) in [5, 5.41) is 15.3. The summed E-state index contributed by atoms with van der Waals surface area (Å²) in [6, 6.07) is 0.100. The molecule has 3 N–H and O–H groups in total. The zero-order valence-corrected chi connectivity index (χ0v) is 11.7. The van der Waals surface area contributed by atoms with Gasteiger partial charge in [0.15, 0.2) is 0 Å². The quantitative estimate of drug-likeness (QED) is 0.652. The van der Waals surface area contributed by atoms with E-state index < -0.39 is 6.10 Å². The van der Waals surface area contributed by atoms with Crippen molar-refractivity contribution in [1.29, 1.82) is 0 Å². The molecule has 2 fully saturated rings. The highest BCUT2D eigenvalue weighted by atomic mass is 16.5. The third-order valence-corrected chi connectivity index (χ3v) is 4.04. The topological polar surface area (TPSA) is 70.6 Å². The Morgan fingerprint density at radius 3 is 2.79 bits per heavy atom. The largest absolute Gasteiger partial charge is 0.389 e. The highest BCUT2D eigenvalue weighted by Crippen LogP contribution is 2.28. The molecule has 2 rings (SSSR count). The smallest absolute Gasteiger partial charge is 0.315 e. The van der Waals surface area contributed by atoms with Crippen LogP contribution in [0.2, 0.25) is 0 Å². The number of hydrogen-bond acceptors (Lipinski definition) is 3. The monoisotopic (exact) mass is 270 g/mol. The molecule has 5 nitrogen and oxygen atoms in total. The third kappa shape index (κ3) is 5.37. The summed E-state index contributed by atoms with van der Waals surface area (Å²) < 4.78 is 5.38. The van der Waals surface area contributed by atoms with Gasteiger partial charge >= 0.3 is 6.03 Å². The number of aliphatic hydroxyl groups is 1. The fourth-order valence-corrected chi connectivity index (χ4v) is 2.50. The van der Waals surface area contributed by atoms with E-state index in [2.05, 4.69) is 17.6 Å². The van der Waals surface area contributed by atoms with Gasteiger partial charge in [-0.05, 0) is 37.5 Å². The van der Waals surface area contributed by atoms with Crippen LogP contribution in [0.15, 0.2) is 0 Å². The third-order valence-electron chi connectivity index (χ3n) is 4.04. The van der Waals surface area contributed by atoms with Crippen LogP contribution in [0.4, 0.5) is 4.79 Å². The van der Waals surface area contributed by atoms with E-state index in [9.17, 15) is 9.90 Å². The Kier molecular flexibility index (Phi) is 5.45. The van der Waals surface area contributed by atoms with Gasteiger partial charge in [0.1, 0.15) is 0 Å². The lowest BCUT2D eigenvalue weighted by Gasteiger charge is -2.18. The van der Waals surface area contributed by atoms with Gasteiger partial charge in [0.2, 0.25) is 0 Å². The van der Waals surface area contributed by atoms with Gasteiger partial charge in [0.05, 0.1) is 12.7 Å². The summed E-state index contributed by atoms with van der Waals surface area (Å²) in [6.45, 7) is 3.45. The molecule has 19 heavy (non-hydrogen) atoms. The number of rotatable bonds is 7. The van der Waals surface area contributed by atoms with Gasteiger partial charge in [-0.15, -0.1) is 0 Å². The number of carbonyl (C=O) groups is 1. The maximum Gasteiger partial charge on any atom is 0.315 e. The first-order valence-electron chi connectivity index (χ1n) is 7.45. The van der Waals surface area contributed by atoms with E-state index >= 15 is 0 Å². The molecule has 0 aromatic heterocycles. The lowest BCUT2D eigenvalue weighted by atomic mass is 10.1. The fourth-order valence-electron chi connectivity index (χ4n) is 2.50. The first-order valence-corrected chi connectivity index (χ1v) is 7.45. The standard InChI is InChI=1S/C14H26N2O3/c1-10-3-2-4-13(10)16-14(18)15-7-12(17)9-19-8-11-5-6-11/h10-13,17H,2-9H2,1H3,(H2,15,16,18). The maximum absolute atomic E-state index is 11.7. The van der Waals surface area contributed by atoms with Crippen molar-refractivity contribution in [3.63, 3.8) is 0 Å². The normalized spacial score (nSPS) is 28.1. The second-order valence-corrected chi connectivity index (χ2v) is 6.00. The minimum Gasteiger partial charge on any atom is -0.389 e.